The van der Waals surface area contributed by atoms with Crippen LogP contribution >= 0.6 is 0 Å². The predicted octanol–water partition coefficient (Wildman–Crippen LogP) is 3.21. The number of rotatable bonds is 7. The molecule has 2 nitrogen and oxygen atoms in total. The second kappa shape index (κ2) is 7.61. The summed E-state index contributed by atoms with van der Waals surface area (Å²) in [5.41, 5.74) is 5.83. The van der Waals surface area contributed by atoms with Gasteiger partial charge in [0.1, 0.15) is 5.78 Å². The van der Waals surface area contributed by atoms with Gasteiger partial charge in [0.15, 0.2) is 0 Å². The normalized spacial score (nSPS) is 25.3. The number of unbranched alkanes of at least 4 members (excludes halogenated alkanes) is 3. The monoisotopic (exact) mass is 223 g/mol. The topological polar surface area (TPSA) is 43.1 Å². The largest absolute Gasteiger partial charge is 0.328 e. The molecular weight excluding hydrogens is 198 g/mol. The number of ketones is 1. The maximum atomic E-state index is 11.9. The van der Waals surface area contributed by atoms with Crippen LogP contribution in [-0.4, -0.2) is 11.8 Å². The van der Waals surface area contributed by atoms with Crippen LogP contribution in [0.3, 0.4) is 0 Å². The number of nitrogens with two attached hydrogens (primary N) is 1. The summed E-state index contributed by atoms with van der Waals surface area (Å²) in [4.78, 5) is 11.9. The second-order valence-electron chi connectivity index (χ2n) is 4.97. The zero-order chi connectivity index (χ0) is 11.8. The summed E-state index contributed by atoms with van der Waals surface area (Å²) >= 11 is 0. The van der Waals surface area contributed by atoms with Crippen molar-refractivity contribution in [1.82, 2.24) is 0 Å². The van der Waals surface area contributed by atoms with E-state index in [9.17, 15) is 4.79 Å². The van der Waals surface area contributed by atoms with Gasteiger partial charge in [0, 0.05) is 18.4 Å². The van der Waals surface area contributed by atoms with E-state index in [1.165, 1.54) is 6.42 Å². The Labute approximate surface area is 99.3 Å². The second-order valence-corrected chi connectivity index (χ2v) is 4.97. The van der Waals surface area contributed by atoms with Crippen LogP contribution in [0.15, 0.2) is 12.7 Å². The molecule has 0 bridgehead atoms. The van der Waals surface area contributed by atoms with Gasteiger partial charge >= 0.3 is 0 Å². The molecular formula is C14H25NO. The molecule has 0 spiro atoms. The van der Waals surface area contributed by atoms with Crippen molar-refractivity contribution < 1.29 is 4.79 Å². The van der Waals surface area contributed by atoms with Gasteiger partial charge in [-0.1, -0.05) is 12.5 Å². The smallest absolute Gasteiger partial charge is 0.135 e. The van der Waals surface area contributed by atoms with Crippen LogP contribution in [0.5, 0.6) is 0 Å². The molecule has 0 radical (unpaired) electrons. The first-order valence-electron chi connectivity index (χ1n) is 6.63. The van der Waals surface area contributed by atoms with Crippen LogP contribution in [0.25, 0.3) is 0 Å². The van der Waals surface area contributed by atoms with Crippen LogP contribution in [0, 0.1) is 5.92 Å². The summed E-state index contributed by atoms with van der Waals surface area (Å²) in [6.07, 6.45) is 11.3. The maximum absolute atomic E-state index is 11.9. The van der Waals surface area contributed by atoms with Gasteiger partial charge in [0.25, 0.3) is 0 Å². The summed E-state index contributed by atoms with van der Waals surface area (Å²) in [5.74, 6) is 0.796. The van der Waals surface area contributed by atoms with Crippen molar-refractivity contribution in [2.24, 2.45) is 11.7 Å². The van der Waals surface area contributed by atoms with Gasteiger partial charge in [0.2, 0.25) is 0 Å². The molecule has 2 heteroatoms. The molecule has 0 atom stereocenters. The summed E-state index contributed by atoms with van der Waals surface area (Å²) in [7, 11) is 0. The van der Waals surface area contributed by atoms with Crippen molar-refractivity contribution in [1.29, 1.82) is 0 Å². The third kappa shape index (κ3) is 4.93. The first kappa shape index (κ1) is 13.4. The number of carbonyl (C=O) groups excluding carboxylic acids is 1. The van der Waals surface area contributed by atoms with E-state index in [0.717, 1.165) is 51.4 Å². The van der Waals surface area contributed by atoms with E-state index in [4.69, 9.17) is 5.73 Å². The van der Waals surface area contributed by atoms with Crippen molar-refractivity contribution in [3.8, 4) is 0 Å². The first-order valence-corrected chi connectivity index (χ1v) is 6.63. The third-order valence-corrected chi connectivity index (χ3v) is 3.56. The Morgan fingerprint density at radius 2 is 1.88 bits per heavy atom. The van der Waals surface area contributed by atoms with Crippen molar-refractivity contribution in [2.45, 2.75) is 63.8 Å². The fourth-order valence-electron chi connectivity index (χ4n) is 2.41. The highest BCUT2D eigenvalue weighted by Gasteiger charge is 2.23. The maximum Gasteiger partial charge on any atom is 0.135 e. The highest BCUT2D eigenvalue weighted by atomic mass is 16.1. The minimum atomic E-state index is 0.319. The molecule has 0 aromatic heterocycles. The SMILES string of the molecule is C=CCCCCCC(=O)C1CCC(N)CC1. The molecule has 16 heavy (non-hydrogen) atoms. The van der Waals surface area contributed by atoms with Crippen LogP contribution in [-0.2, 0) is 4.79 Å². The van der Waals surface area contributed by atoms with E-state index >= 15 is 0 Å². The van der Waals surface area contributed by atoms with Crippen molar-refractivity contribution >= 4 is 5.78 Å². The molecule has 92 valence electrons. The lowest BCUT2D eigenvalue weighted by Gasteiger charge is -2.24. The zero-order valence-electron chi connectivity index (χ0n) is 10.3. The van der Waals surface area contributed by atoms with Crippen molar-refractivity contribution in [3.63, 3.8) is 0 Å². The summed E-state index contributed by atoms with van der Waals surface area (Å²) in [6.45, 7) is 3.70. The fourth-order valence-corrected chi connectivity index (χ4v) is 2.41. The summed E-state index contributed by atoms with van der Waals surface area (Å²) in [5, 5.41) is 0. The lowest BCUT2D eigenvalue weighted by molar-refractivity contribution is -0.123. The first-order chi connectivity index (χ1) is 7.74. The van der Waals surface area contributed by atoms with E-state index in [-0.39, 0.29) is 0 Å². The minimum absolute atomic E-state index is 0.319. The molecule has 0 aliphatic heterocycles. The van der Waals surface area contributed by atoms with Crippen LogP contribution in [0.2, 0.25) is 0 Å². The van der Waals surface area contributed by atoms with E-state index < -0.39 is 0 Å². The highest BCUT2D eigenvalue weighted by molar-refractivity contribution is 5.81. The Hall–Kier alpha value is -0.630. The number of hydrogen-bond acceptors (Lipinski definition) is 2. The standard InChI is InChI=1S/C14H25NO/c1-2-3-4-5-6-7-14(16)12-8-10-13(15)11-9-12/h2,12-13H,1,3-11,15H2. The van der Waals surface area contributed by atoms with Crippen LogP contribution < -0.4 is 5.73 Å². The van der Waals surface area contributed by atoms with Gasteiger partial charge in [0.05, 0.1) is 0 Å². The van der Waals surface area contributed by atoms with Gasteiger partial charge in [-0.25, -0.2) is 0 Å². The Morgan fingerprint density at radius 3 is 2.50 bits per heavy atom. The third-order valence-electron chi connectivity index (χ3n) is 3.56. The number of allylic oxidation sites excluding steroid dienone is 1. The van der Waals surface area contributed by atoms with Crippen LogP contribution in [0.1, 0.15) is 57.8 Å². The summed E-state index contributed by atoms with van der Waals surface area (Å²) < 4.78 is 0. The van der Waals surface area contributed by atoms with E-state index in [1.807, 2.05) is 6.08 Å². The average Bonchev–Trinajstić information content (AvgIpc) is 2.29. The molecule has 1 aliphatic carbocycles. The molecule has 0 amide bonds. The fraction of sp³-hybridized carbons (Fsp3) is 0.786. The molecule has 0 aromatic rings. The molecule has 1 fully saturated rings. The highest BCUT2D eigenvalue weighted by Crippen LogP contribution is 2.25. The molecule has 1 saturated carbocycles. The van der Waals surface area contributed by atoms with Gasteiger partial charge in [-0.05, 0) is 44.9 Å². The molecule has 1 rings (SSSR count). The lowest BCUT2D eigenvalue weighted by Crippen LogP contribution is -2.29. The van der Waals surface area contributed by atoms with Gasteiger partial charge < -0.3 is 5.73 Å². The number of Topliss-reactive ketones (excluding diaryl/α,β-unsaturated/α-hetero) is 1. The molecule has 0 aromatic carbocycles. The Bertz CT molecular complexity index is 217. The minimum Gasteiger partial charge on any atom is -0.328 e. The molecule has 0 saturated heterocycles. The van der Waals surface area contributed by atoms with Crippen molar-refractivity contribution in [2.75, 3.05) is 0 Å². The van der Waals surface area contributed by atoms with Gasteiger partial charge in [-0.15, -0.1) is 6.58 Å². The van der Waals surface area contributed by atoms with Crippen LogP contribution in [0.4, 0.5) is 0 Å². The number of carbonyl (C=O) groups is 1. The number of hydrogen-bond donors (Lipinski definition) is 1. The Morgan fingerprint density at radius 1 is 1.19 bits per heavy atom. The molecule has 1 aliphatic rings. The average molecular weight is 223 g/mol. The van der Waals surface area contributed by atoms with E-state index in [0.29, 0.717) is 17.7 Å². The Kier molecular flexibility index (Phi) is 6.39. The van der Waals surface area contributed by atoms with Gasteiger partial charge in [-0.3, -0.25) is 4.79 Å². The Balaban J connectivity index is 2.08. The van der Waals surface area contributed by atoms with Gasteiger partial charge in [-0.2, -0.15) is 0 Å². The summed E-state index contributed by atoms with van der Waals surface area (Å²) in [6, 6.07) is 0.344. The quantitative estimate of drug-likeness (QED) is 0.532. The zero-order valence-corrected chi connectivity index (χ0v) is 10.3. The van der Waals surface area contributed by atoms with Crippen molar-refractivity contribution in [3.05, 3.63) is 12.7 Å². The molecule has 0 heterocycles. The van der Waals surface area contributed by atoms with E-state index in [2.05, 4.69) is 6.58 Å². The van der Waals surface area contributed by atoms with E-state index in [1.54, 1.807) is 0 Å². The molecule has 0 unspecified atom stereocenters. The lowest BCUT2D eigenvalue weighted by atomic mass is 9.82. The molecule has 2 N–H and O–H groups in total. The predicted molar refractivity (Wildman–Crippen MR) is 68.2 cm³/mol.